The number of phenolic OH excluding ortho intramolecular Hbond substituents is 1. The van der Waals surface area contributed by atoms with Crippen molar-refractivity contribution < 1.29 is 20.6 Å². The summed E-state index contributed by atoms with van der Waals surface area (Å²) in [6, 6.07) is 2.33. The van der Waals surface area contributed by atoms with E-state index >= 15 is 0 Å². The molecule has 0 aliphatic carbocycles. The molecule has 0 amide bonds. The summed E-state index contributed by atoms with van der Waals surface area (Å²) in [5.74, 6) is -0.773. The highest BCUT2D eigenvalue weighted by Crippen LogP contribution is 2.31. The van der Waals surface area contributed by atoms with E-state index in [1.54, 1.807) is 0 Å². The van der Waals surface area contributed by atoms with Gasteiger partial charge in [0, 0.05) is 0 Å². The zero-order valence-corrected chi connectivity index (χ0v) is 6.35. The molecular weight excluding hydrogens is 162 g/mol. The summed E-state index contributed by atoms with van der Waals surface area (Å²) >= 11 is 0. The number of hydrogen-bond acceptors (Lipinski definition) is 5. The van der Waals surface area contributed by atoms with Crippen molar-refractivity contribution in [3.8, 4) is 11.5 Å². The Balaban J connectivity index is 3.27. The molecule has 0 saturated carbocycles. The van der Waals surface area contributed by atoms with Crippen LogP contribution in [0.15, 0.2) is 12.1 Å². The zero-order valence-electron chi connectivity index (χ0n) is 6.35. The molecule has 12 heavy (non-hydrogen) atoms. The summed E-state index contributed by atoms with van der Waals surface area (Å²) in [4.78, 5) is 0. The van der Waals surface area contributed by atoms with E-state index in [9.17, 15) is 5.11 Å². The molecule has 1 rings (SSSR count). The van der Waals surface area contributed by atoms with Crippen LogP contribution >= 0.6 is 0 Å². The van der Waals surface area contributed by atoms with Gasteiger partial charge >= 0.3 is 0 Å². The summed E-state index contributed by atoms with van der Waals surface area (Å²) in [6.45, 7) is 1.39. The largest absolute Gasteiger partial charge is 0.871 e. The van der Waals surface area contributed by atoms with Crippen LogP contribution in [-0.4, -0.2) is 15.5 Å². The molecule has 0 unspecified atom stereocenters. The van der Waals surface area contributed by atoms with E-state index in [1.165, 1.54) is 13.0 Å². The van der Waals surface area contributed by atoms with Gasteiger partial charge in [0.15, 0.2) is 0 Å². The molecule has 0 radical (unpaired) electrons. The van der Waals surface area contributed by atoms with Crippen molar-refractivity contribution >= 4 is 5.69 Å². The second-order valence-electron chi connectivity index (χ2n) is 2.35. The first-order valence-electron chi connectivity index (χ1n) is 3.21. The molecule has 0 heterocycles. The predicted octanol–water partition coefficient (Wildman–Crippen LogP) is 0.359. The van der Waals surface area contributed by atoms with Crippen molar-refractivity contribution in [1.29, 1.82) is 0 Å². The molecule has 0 atom stereocenters. The molecule has 1 aromatic carbocycles. The fraction of sp³-hybridized carbons (Fsp3) is 0.143. The molecule has 0 aromatic heterocycles. The van der Waals surface area contributed by atoms with E-state index in [2.05, 4.69) is 0 Å². The van der Waals surface area contributed by atoms with Crippen LogP contribution in [0.25, 0.3) is 0 Å². The summed E-state index contributed by atoms with van der Waals surface area (Å²) in [5, 5.41) is 36.9. The molecule has 0 aliphatic heterocycles. The van der Waals surface area contributed by atoms with Crippen LogP contribution in [0.4, 0.5) is 5.69 Å². The number of phenols is 1. The minimum atomic E-state index is -0.611. The molecule has 66 valence electrons. The van der Waals surface area contributed by atoms with E-state index in [0.717, 1.165) is 6.07 Å². The Bertz CT molecular complexity index is 298. The highest BCUT2D eigenvalue weighted by Gasteiger charge is 2.04. The van der Waals surface area contributed by atoms with Crippen LogP contribution in [0.1, 0.15) is 5.56 Å². The number of benzene rings is 1. The number of anilines is 1. The molecule has 0 spiro atoms. The van der Waals surface area contributed by atoms with Crippen LogP contribution in [0.5, 0.6) is 11.5 Å². The van der Waals surface area contributed by atoms with Gasteiger partial charge in [-0.05, 0) is 24.6 Å². The third kappa shape index (κ3) is 1.27. The van der Waals surface area contributed by atoms with Crippen molar-refractivity contribution in [2.24, 2.45) is 0 Å². The van der Waals surface area contributed by atoms with Crippen LogP contribution in [0.2, 0.25) is 0 Å². The normalized spacial score (nSPS) is 9.92. The van der Waals surface area contributed by atoms with Gasteiger partial charge in [0.25, 0.3) is 0 Å². The van der Waals surface area contributed by atoms with E-state index in [4.69, 9.17) is 15.5 Å². The average Bonchev–Trinajstić information content (AvgIpc) is 2.00. The Morgan fingerprint density at radius 2 is 1.92 bits per heavy atom. The highest BCUT2D eigenvalue weighted by molar-refractivity contribution is 5.60. The number of hydrogen-bond donors (Lipinski definition) is 3. The van der Waals surface area contributed by atoms with Gasteiger partial charge in [0.05, 0.1) is 5.69 Å². The molecule has 0 fully saturated rings. The predicted molar refractivity (Wildman–Crippen MR) is 38.3 cm³/mol. The van der Waals surface area contributed by atoms with E-state index in [1.807, 2.05) is 0 Å². The first-order valence-corrected chi connectivity index (χ1v) is 3.21. The summed E-state index contributed by atoms with van der Waals surface area (Å²) in [5.41, 5.74) is -0.203. The molecule has 0 aliphatic rings. The molecule has 5 nitrogen and oxygen atoms in total. The van der Waals surface area contributed by atoms with Crippen molar-refractivity contribution in [3.05, 3.63) is 17.7 Å². The third-order valence-corrected chi connectivity index (χ3v) is 1.57. The summed E-state index contributed by atoms with van der Waals surface area (Å²) in [6.07, 6.45) is 0. The fourth-order valence-electron chi connectivity index (χ4n) is 0.824. The highest BCUT2D eigenvalue weighted by atomic mass is 16.8. The lowest BCUT2D eigenvalue weighted by Crippen LogP contribution is -2.14. The van der Waals surface area contributed by atoms with E-state index < -0.39 is 5.75 Å². The van der Waals surface area contributed by atoms with Crippen molar-refractivity contribution in [3.63, 3.8) is 0 Å². The SMILES string of the molecule is Cc1c(O)ccc(N(O)O)c1[O-]. The second-order valence-corrected chi connectivity index (χ2v) is 2.35. The lowest BCUT2D eigenvalue weighted by atomic mass is 10.2. The van der Waals surface area contributed by atoms with Crippen LogP contribution in [0, 0.1) is 6.92 Å². The van der Waals surface area contributed by atoms with Crippen LogP contribution in [0.3, 0.4) is 0 Å². The smallest absolute Gasteiger partial charge is 0.118 e. The quantitative estimate of drug-likeness (QED) is 0.529. The van der Waals surface area contributed by atoms with Gasteiger partial charge in [-0.3, -0.25) is 10.4 Å². The van der Waals surface area contributed by atoms with Gasteiger partial charge in [-0.2, -0.15) is 0 Å². The Labute approximate surface area is 68.6 Å². The maximum Gasteiger partial charge on any atom is 0.118 e. The molecule has 5 heteroatoms. The average molecular weight is 170 g/mol. The van der Waals surface area contributed by atoms with Crippen molar-refractivity contribution in [2.75, 3.05) is 5.23 Å². The lowest BCUT2D eigenvalue weighted by molar-refractivity contribution is -0.269. The first kappa shape index (κ1) is 8.63. The Kier molecular flexibility index (Phi) is 2.07. The van der Waals surface area contributed by atoms with Gasteiger partial charge < -0.3 is 10.2 Å². The fourth-order valence-corrected chi connectivity index (χ4v) is 0.824. The van der Waals surface area contributed by atoms with Gasteiger partial charge in [0.2, 0.25) is 0 Å². The van der Waals surface area contributed by atoms with E-state index in [-0.39, 0.29) is 22.2 Å². The minimum Gasteiger partial charge on any atom is -0.871 e. The van der Waals surface area contributed by atoms with Crippen LogP contribution < -0.4 is 10.3 Å². The Morgan fingerprint density at radius 3 is 2.42 bits per heavy atom. The van der Waals surface area contributed by atoms with Crippen molar-refractivity contribution in [1.82, 2.24) is 0 Å². The van der Waals surface area contributed by atoms with Gasteiger partial charge in [-0.25, -0.2) is 0 Å². The minimum absolute atomic E-state index is 0.0839. The van der Waals surface area contributed by atoms with E-state index in [0.29, 0.717) is 0 Å². The van der Waals surface area contributed by atoms with Crippen LogP contribution in [-0.2, 0) is 0 Å². The van der Waals surface area contributed by atoms with Crippen molar-refractivity contribution in [2.45, 2.75) is 6.92 Å². The second kappa shape index (κ2) is 2.88. The Hall–Kier alpha value is -1.46. The maximum absolute atomic E-state index is 11.1. The molecule has 3 N–H and O–H groups in total. The summed E-state index contributed by atoms with van der Waals surface area (Å²) < 4.78 is 0. The molecular formula is C7H8NO4-. The number of aromatic hydroxyl groups is 1. The van der Waals surface area contributed by atoms with Gasteiger partial charge in [-0.1, -0.05) is 5.75 Å². The molecule has 1 aromatic rings. The number of nitrogens with zero attached hydrogens (tertiary/aromatic N) is 1. The van der Waals surface area contributed by atoms with Gasteiger partial charge in [-0.15, -0.1) is 5.23 Å². The maximum atomic E-state index is 11.1. The first-order chi connectivity index (χ1) is 5.54. The van der Waals surface area contributed by atoms with Gasteiger partial charge in [0.1, 0.15) is 5.75 Å². The summed E-state index contributed by atoms with van der Waals surface area (Å²) in [7, 11) is 0. The monoisotopic (exact) mass is 170 g/mol. The Morgan fingerprint density at radius 1 is 1.33 bits per heavy atom. The standard InChI is InChI=1S/C7H9NO4/c1-4-6(9)3-2-5(7(4)10)8(11)12/h2-3,9-12H,1H3/p-1. The zero-order chi connectivity index (χ0) is 9.30. The topological polar surface area (TPSA) is 87.0 Å². The number of rotatable bonds is 1. The third-order valence-electron chi connectivity index (χ3n) is 1.57. The molecule has 0 bridgehead atoms. The molecule has 0 saturated heterocycles. The lowest BCUT2D eigenvalue weighted by Gasteiger charge is -2.19.